The number of carbonyl (C=O) groups is 1. The zero-order valence-corrected chi connectivity index (χ0v) is 23.4. The predicted octanol–water partition coefficient (Wildman–Crippen LogP) is 7.24. The Bertz CT molecular complexity index is 1710. The number of hydrogen-bond acceptors (Lipinski definition) is 4. The molecule has 1 heterocycles. The van der Waals surface area contributed by atoms with E-state index in [1.165, 1.54) is 49.5 Å². The number of alkyl halides is 3. The molecule has 0 saturated heterocycles. The number of benzene rings is 3. The van der Waals surface area contributed by atoms with E-state index in [2.05, 4.69) is 26.0 Å². The molecule has 0 atom stereocenters. The Hall–Kier alpha value is -3.38. The minimum Gasteiger partial charge on any atom is -0.455 e. The first-order valence-corrected chi connectivity index (χ1v) is 14.8. The van der Waals surface area contributed by atoms with Crippen molar-refractivity contribution in [3.8, 4) is 11.3 Å². The molecule has 1 saturated carbocycles. The standard InChI is InChI=1S/C28H23BrF4N2O4S/c1-34-27(36)25-20-13-19(16-3-4-16)23(14-24(20)39-26(25)17-5-7-18(30)8-6-17)35-40(37,38)11-10-15-2-9-22(29)21(12-15)28(31,32)33/h2,5-9,12-14,16,35H,3-4,10-11H2,1H3,(H,34,36). The zero-order valence-electron chi connectivity index (χ0n) is 21.0. The van der Waals surface area contributed by atoms with Gasteiger partial charge >= 0.3 is 6.18 Å². The van der Waals surface area contributed by atoms with E-state index in [0.717, 1.165) is 18.9 Å². The smallest absolute Gasteiger partial charge is 0.417 e. The summed E-state index contributed by atoms with van der Waals surface area (Å²) >= 11 is 2.89. The van der Waals surface area contributed by atoms with Gasteiger partial charge in [-0.3, -0.25) is 9.52 Å². The highest BCUT2D eigenvalue weighted by Gasteiger charge is 2.33. The number of rotatable bonds is 8. The quantitative estimate of drug-likeness (QED) is 0.199. The molecular formula is C28H23BrF4N2O4S. The molecule has 6 nitrogen and oxygen atoms in total. The van der Waals surface area contributed by atoms with E-state index in [4.69, 9.17) is 4.42 Å². The molecule has 2 N–H and O–H groups in total. The number of carbonyl (C=O) groups excluding carboxylic acids is 1. The molecule has 1 fully saturated rings. The van der Waals surface area contributed by atoms with Gasteiger partial charge in [-0.25, -0.2) is 12.8 Å². The van der Waals surface area contributed by atoms with E-state index < -0.39 is 39.2 Å². The summed E-state index contributed by atoms with van der Waals surface area (Å²) in [7, 11) is -2.50. The molecular weight excluding hydrogens is 616 g/mol. The van der Waals surface area contributed by atoms with Crippen molar-refractivity contribution in [3.63, 3.8) is 0 Å². The molecule has 4 aromatic rings. The third kappa shape index (κ3) is 5.87. The fourth-order valence-electron chi connectivity index (χ4n) is 4.55. The van der Waals surface area contributed by atoms with Crippen molar-refractivity contribution in [3.05, 3.63) is 87.1 Å². The Morgan fingerprint density at radius 2 is 1.77 bits per heavy atom. The number of sulfonamides is 1. The van der Waals surface area contributed by atoms with Crippen LogP contribution in [0.4, 0.5) is 23.2 Å². The number of furan rings is 1. The van der Waals surface area contributed by atoms with Gasteiger partial charge in [0, 0.05) is 28.5 Å². The third-order valence-corrected chi connectivity index (χ3v) is 8.66. The summed E-state index contributed by atoms with van der Waals surface area (Å²) in [5, 5.41) is 3.07. The van der Waals surface area contributed by atoms with E-state index >= 15 is 0 Å². The van der Waals surface area contributed by atoms with E-state index in [-0.39, 0.29) is 45.0 Å². The van der Waals surface area contributed by atoms with E-state index in [1.54, 1.807) is 6.07 Å². The number of aryl methyl sites for hydroxylation is 1. The summed E-state index contributed by atoms with van der Waals surface area (Å²) in [5.74, 6) is -1.03. The molecule has 40 heavy (non-hydrogen) atoms. The average molecular weight is 639 g/mol. The van der Waals surface area contributed by atoms with Crippen LogP contribution in [-0.2, 0) is 22.6 Å². The number of amides is 1. The van der Waals surface area contributed by atoms with Crippen LogP contribution in [0.25, 0.3) is 22.3 Å². The lowest BCUT2D eigenvalue weighted by molar-refractivity contribution is -0.138. The van der Waals surface area contributed by atoms with Gasteiger partial charge in [-0.1, -0.05) is 22.0 Å². The number of hydrogen-bond donors (Lipinski definition) is 2. The van der Waals surface area contributed by atoms with Crippen LogP contribution in [0.15, 0.2) is 63.5 Å². The van der Waals surface area contributed by atoms with Gasteiger partial charge in [-0.05, 0) is 78.8 Å². The van der Waals surface area contributed by atoms with Gasteiger partial charge in [0.2, 0.25) is 10.0 Å². The highest BCUT2D eigenvalue weighted by Crippen LogP contribution is 2.47. The Kier molecular flexibility index (Phi) is 7.43. The SMILES string of the molecule is CNC(=O)c1c(-c2ccc(F)cc2)oc2cc(NS(=O)(=O)CCc3ccc(Br)c(C(F)(F)F)c3)c(C3CC3)cc12. The van der Waals surface area contributed by atoms with Gasteiger partial charge in [-0.15, -0.1) is 0 Å². The second kappa shape index (κ2) is 10.5. The van der Waals surface area contributed by atoms with Crippen molar-refractivity contribution in [2.75, 3.05) is 17.5 Å². The number of fused-ring (bicyclic) bond motifs is 1. The Morgan fingerprint density at radius 3 is 2.40 bits per heavy atom. The lowest BCUT2D eigenvalue weighted by Gasteiger charge is -2.14. The highest BCUT2D eigenvalue weighted by molar-refractivity contribution is 9.10. The lowest BCUT2D eigenvalue weighted by Crippen LogP contribution is -2.19. The molecule has 210 valence electrons. The molecule has 0 spiro atoms. The molecule has 12 heteroatoms. The summed E-state index contributed by atoms with van der Waals surface area (Å²) < 4.78 is 87.9. The van der Waals surface area contributed by atoms with Gasteiger partial charge < -0.3 is 9.73 Å². The summed E-state index contributed by atoms with van der Waals surface area (Å²) in [5.41, 5.74) is 1.29. The number of anilines is 1. The molecule has 0 unspecified atom stereocenters. The summed E-state index contributed by atoms with van der Waals surface area (Å²) in [6.07, 6.45) is -3.05. The number of nitrogens with one attached hydrogen (secondary N) is 2. The Morgan fingerprint density at radius 1 is 1.07 bits per heavy atom. The average Bonchev–Trinajstić information content (AvgIpc) is 3.67. The van der Waals surface area contributed by atoms with Crippen molar-refractivity contribution in [2.24, 2.45) is 0 Å². The Balaban J connectivity index is 1.49. The van der Waals surface area contributed by atoms with Crippen LogP contribution in [0.3, 0.4) is 0 Å². The van der Waals surface area contributed by atoms with Gasteiger partial charge in [0.1, 0.15) is 17.2 Å². The monoisotopic (exact) mass is 638 g/mol. The molecule has 1 aliphatic rings. The second-order valence-corrected chi connectivity index (χ2v) is 12.3. The molecule has 5 rings (SSSR count). The zero-order chi connectivity index (χ0) is 28.8. The minimum atomic E-state index is -4.58. The van der Waals surface area contributed by atoms with Crippen LogP contribution in [0, 0.1) is 5.82 Å². The second-order valence-electron chi connectivity index (χ2n) is 9.58. The van der Waals surface area contributed by atoms with Crippen molar-refractivity contribution in [1.29, 1.82) is 0 Å². The van der Waals surface area contributed by atoms with Crippen LogP contribution in [0.1, 0.15) is 45.8 Å². The molecule has 1 aromatic heterocycles. The van der Waals surface area contributed by atoms with Crippen LogP contribution in [-0.4, -0.2) is 27.1 Å². The van der Waals surface area contributed by atoms with Crippen molar-refractivity contribution in [2.45, 2.75) is 31.4 Å². The van der Waals surface area contributed by atoms with Crippen molar-refractivity contribution >= 4 is 48.5 Å². The molecule has 0 radical (unpaired) electrons. The summed E-state index contributed by atoms with van der Waals surface area (Å²) in [4.78, 5) is 12.9. The van der Waals surface area contributed by atoms with Gasteiger partial charge in [-0.2, -0.15) is 13.2 Å². The molecule has 3 aromatic carbocycles. The van der Waals surface area contributed by atoms with Crippen LogP contribution >= 0.6 is 15.9 Å². The van der Waals surface area contributed by atoms with Crippen LogP contribution < -0.4 is 10.0 Å². The van der Waals surface area contributed by atoms with Gasteiger partial charge in [0.25, 0.3) is 5.91 Å². The largest absolute Gasteiger partial charge is 0.455 e. The molecule has 0 bridgehead atoms. The van der Waals surface area contributed by atoms with E-state index in [9.17, 15) is 30.8 Å². The summed E-state index contributed by atoms with van der Waals surface area (Å²) in [6, 6.07) is 12.3. The highest BCUT2D eigenvalue weighted by atomic mass is 79.9. The van der Waals surface area contributed by atoms with Crippen molar-refractivity contribution < 1.29 is 35.2 Å². The fraction of sp³-hybridized carbons (Fsp3) is 0.250. The maximum absolute atomic E-state index is 13.5. The van der Waals surface area contributed by atoms with Crippen LogP contribution in [0.5, 0.6) is 0 Å². The first kappa shape index (κ1) is 28.2. The maximum Gasteiger partial charge on any atom is 0.417 e. The molecule has 1 amide bonds. The number of halogens is 5. The lowest BCUT2D eigenvalue weighted by atomic mass is 10.0. The van der Waals surface area contributed by atoms with Gasteiger partial charge in [0.15, 0.2) is 0 Å². The maximum atomic E-state index is 13.5. The van der Waals surface area contributed by atoms with Crippen molar-refractivity contribution in [1.82, 2.24) is 5.32 Å². The van der Waals surface area contributed by atoms with E-state index in [0.29, 0.717) is 16.5 Å². The summed E-state index contributed by atoms with van der Waals surface area (Å²) in [6.45, 7) is 0. The predicted molar refractivity (Wildman–Crippen MR) is 147 cm³/mol. The van der Waals surface area contributed by atoms with Gasteiger partial charge in [0.05, 0.1) is 22.6 Å². The van der Waals surface area contributed by atoms with E-state index in [1.807, 2.05) is 0 Å². The Labute approximate surface area is 235 Å². The first-order valence-electron chi connectivity index (χ1n) is 12.3. The normalized spacial score (nSPS) is 13.9. The van der Waals surface area contributed by atoms with Crippen LogP contribution in [0.2, 0.25) is 0 Å². The first-order chi connectivity index (χ1) is 18.9. The minimum absolute atomic E-state index is 0.0737. The third-order valence-electron chi connectivity index (χ3n) is 6.70. The molecule has 1 aliphatic carbocycles. The molecule has 0 aliphatic heterocycles. The topological polar surface area (TPSA) is 88.4 Å². The fourth-order valence-corrected chi connectivity index (χ4v) is 6.14.